The van der Waals surface area contributed by atoms with E-state index in [2.05, 4.69) is 24.0 Å². The van der Waals surface area contributed by atoms with Gasteiger partial charge in [-0.1, -0.05) is 0 Å². The number of amides is 1. The van der Waals surface area contributed by atoms with E-state index in [0.717, 1.165) is 50.3 Å². The maximum atomic E-state index is 12.3. The van der Waals surface area contributed by atoms with Crippen molar-refractivity contribution in [1.29, 1.82) is 0 Å². The molecule has 2 atom stereocenters. The van der Waals surface area contributed by atoms with Crippen molar-refractivity contribution in [3.63, 3.8) is 0 Å². The van der Waals surface area contributed by atoms with Crippen molar-refractivity contribution in [3.05, 3.63) is 21.9 Å². The van der Waals surface area contributed by atoms with Crippen LogP contribution in [-0.2, 0) is 11.2 Å². The average molecular weight is 308 g/mol. The summed E-state index contributed by atoms with van der Waals surface area (Å²) < 4.78 is 0. The lowest BCUT2D eigenvalue weighted by Gasteiger charge is -2.39. The van der Waals surface area contributed by atoms with Crippen molar-refractivity contribution in [2.24, 2.45) is 0 Å². The predicted octanol–water partition coefficient (Wildman–Crippen LogP) is 1.66. The molecule has 0 radical (unpaired) electrons. The molecule has 2 aliphatic rings. The third-order valence-electron chi connectivity index (χ3n) is 4.70. The summed E-state index contributed by atoms with van der Waals surface area (Å²) >= 11 is 1.71. The Hall–Kier alpha value is -0.910. The maximum Gasteiger partial charge on any atom is 0.227 e. The minimum Gasteiger partial charge on any atom is -0.391 e. The van der Waals surface area contributed by atoms with Gasteiger partial charge in [0.1, 0.15) is 0 Å². The summed E-state index contributed by atoms with van der Waals surface area (Å²) in [4.78, 5) is 19.1. The van der Waals surface area contributed by atoms with E-state index in [9.17, 15) is 9.90 Å². The van der Waals surface area contributed by atoms with Gasteiger partial charge in [0.15, 0.2) is 0 Å². The first kappa shape index (κ1) is 15.0. The van der Waals surface area contributed by atoms with Crippen LogP contribution in [0.4, 0.5) is 0 Å². The number of carbonyl (C=O) groups is 1. The van der Waals surface area contributed by atoms with Gasteiger partial charge in [0, 0.05) is 42.0 Å². The standard InChI is InChI=1S/C16H24N2O2S/c1-12-5-6-13(21-12)11-16(20)18-9-7-17(8-10-18)14-3-2-4-15(14)19/h5-6,14-15,19H,2-4,7-11H2,1H3. The van der Waals surface area contributed by atoms with Crippen LogP contribution < -0.4 is 0 Å². The van der Waals surface area contributed by atoms with Crippen LogP contribution in [0.3, 0.4) is 0 Å². The smallest absolute Gasteiger partial charge is 0.227 e. The van der Waals surface area contributed by atoms with E-state index in [0.29, 0.717) is 12.5 Å². The number of aliphatic hydroxyl groups is 1. The second-order valence-corrected chi connectivity index (χ2v) is 7.54. The zero-order valence-corrected chi connectivity index (χ0v) is 13.4. The van der Waals surface area contributed by atoms with Gasteiger partial charge < -0.3 is 10.0 Å². The molecule has 116 valence electrons. The molecule has 1 aromatic rings. The molecule has 1 aliphatic carbocycles. The molecule has 1 aromatic heterocycles. The lowest BCUT2D eigenvalue weighted by atomic mass is 10.1. The van der Waals surface area contributed by atoms with E-state index in [1.165, 1.54) is 4.88 Å². The number of aryl methyl sites for hydroxylation is 1. The number of hydrogen-bond donors (Lipinski definition) is 1. The predicted molar refractivity (Wildman–Crippen MR) is 84.6 cm³/mol. The van der Waals surface area contributed by atoms with Crippen molar-refractivity contribution in [2.45, 2.75) is 44.8 Å². The molecular formula is C16H24N2O2S. The van der Waals surface area contributed by atoms with Gasteiger partial charge in [0.05, 0.1) is 12.5 Å². The van der Waals surface area contributed by atoms with Crippen LogP contribution in [0.1, 0.15) is 29.0 Å². The highest BCUT2D eigenvalue weighted by atomic mass is 32.1. The highest BCUT2D eigenvalue weighted by molar-refractivity contribution is 7.12. The number of thiophene rings is 1. The van der Waals surface area contributed by atoms with Crippen molar-refractivity contribution in [3.8, 4) is 0 Å². The maximum absolute atomic E-state index is 12.3. The van der Waals surface area contributed by atoms with Crippen molar-refractivity contribution >= 4 is 17.2 Å². The third kappa shape index (κ3) is 3.47. The topological polar surface area (TPSA) is 43.8 Å². The summed E-state index contributed by atoms with van der Waals surface area (Å²) in [6.45, 7) is 5.47. The Morgan fingerprint density at radius 3 is 2.62 bits per heavy atom. The van der Waals surface area contributed by atoms with Crippen molar-refractivity contribution in [2.75, 3.05) is 26.2 Å². The molecule has 1 saturated heterocycles. The fourth-order valence-corrected chi connectivity index (χ4v) is 4.37. The third-order valence-corrected chi connectivity index (χ3v) is 5.70. The zero-order valence-electron chi connectivity index (χ0n) is 12.6. The second-order valence-electron chi connectivity index (χ2n) is 6.17. The van der Waals surface area contributed by atoms with Gasteiger partial charge >= 0.3 is 0 Å². The minimum atomic E-state index is -0.165. The first-order valence-electron chi connectivity index (χ1n) is 7.88. The molecule has 1 aliphatic heterocycles. The molecule has 4 nitrogen and oxygen atoms in total. The summed E-state index contributed by atoms with van der Waals surface area (Å²) in [5, 5.41) is 9.99. The summed E-state index contributed by atoms with van der Waals surface area (Å²) in [7, 11) is 0. The molecular weight excluding hydrogens is 284 g/mol. The molecule has 2 heterocycles. The largest absolute Gasteiger partial charge is 0.391 e. The Morgan fingerprint density at radius 2 is 2.05 bits per heavy atom. The first-order chi connectivity index (χ1) is 10.1. The molecule has 0 aromatic carbocycles. The van der Waals surface area contributed by atoms with Crippen LogP contribution in [0.2, 0.25) is 0 Å². The lowest BCUT2D eigenvalue weighted by molar-refractivity contribution is -0.132. The van der Waals surface area contributed by atoms with Crippen LogP contribution in [0.15, 0.2) is 12.1 Å². The van der Waals surface area contributed by atoms with Crippen molar-refractivity contribution < 1.29 is 9.90 Å². The van der Waals surface area contributed by atoms with E-state index >= 15 is 0 Å². The lowest BCUT2D eigenvalue weighted by Crippen LogP contribution is -2.53. The number of carbonyl (C=O) groups excluding carboxylic acids is 1. The summed E-state index contributed by atoms with van der Waals surface area (Å²) in [6, 6.07) is 4.46. The van der Waals surface area contributed by atoms with Crippen LogP contribution in [0, 0.1) is 6.92 Å². The Morgan fingerprint density at radius 1 is 1.29 bits per heavy atom. The molecule has 1 N–H and O–H groups in total. The molecule has 0 spiro atoms. The number of piperazine rings is 1. The molecule has 2 fully saturated rings. The molecule has 0 bridgehead atoms. The SMILES string of the molecule is Cc1ccc(CC(=O)N2CCN(C3CCCC3O)CC2)s1. The van der Waals surface area contributed by atoms with Gasteiger partial charge in [0.2, 0.25) is 5.91 Å². The monoisotopic (exact) mass is 308 g/mol. The normalized spacial score (nSPS) is 27.2. The summed E-state index contributed by atoms with van der Waals surface area (Å²) in [6.07, 6.45) is 3.53. The van der Waals surface area contributed by atoms with Gasteiger partial charge in [-0.3, -0.25) is 9.69 Å². The van der Waals surface area contributed by atoms with E-state index in [4.69, 9.17) is 0 Å². The fraction of sp³-hybridized carbons (Fsp3) is 0.688. The van der Waals surface area contributed by atoms with E-state index in [1.54, 1.807) is 11.3 Å². The van der Waals surface area contributed by atoms with Gasteiger partial charge in [-0.2, -0.15) is 0 Å². The first-order valence-corrected chi connectivity index (χ1v) is 8.70. The van der Waals surface area contributed by atoms with Gasteiger partial charge in [-0.25, -0.2) is 0 Å². The fourth-order valence-electron chi connectivity index (χ4n) is 3.49. The molecule has 2 unspecified atom stereocenters. The highest BCUT2D eigenvalue weighted by Gasteiger charge is 2.33. The molecule has 3 rings (SSSR count). The molecule has 21 heavy (non-hydrogen) atoms. The zero-order chi connectivity index (χ0) is 14.8. The van der Waals surface area contributed by atoms with Crippen LogP contribution in [0.5, 0.6) is 0 Å². The number of nitrogens with zero attached hydrogens (tertiary/aromatic N) is 2. The molecule has 5 heteroatoms. The van der Waals surface area contributed by atoms with Crippen molar-refractivity contribution in [1.82, 2.24) is 9.80 Å². The van der Waals surface area contributed by atoms with E-state index in [-0.39, 0.29) is 12.0 Å². The Kier molecular flexibility index (Phi) is 4.62. The summed E-state index contributed by atoms with van der Waals surface area (Å²) in [5.41, 5.74) is 0. The van der Waals surface area contributed by atoms with E-state index in [1.807, 2.05) is 4.90 Å². The van der Waals surface area contributed by atoms with Crippen LogP contribution in [-0.4, -0.2) is 59.1 Å². The quantitative estimate of drug-likeness (QED) is 0.923. The second kappa shape index (κ2) is 6.46. The Labute approximate surface area is 130 Å². The average Bonchev–Trinajstić information content (AvgIpc) is 3.08. The van der Waals surface area contributed by atoms with Crippen LogP contribution >= 0.6 is 11.3 Å². The molecule has 1 amide bonds. The number of rotatable bonds is 3. The van der Waals surface area contributed by atoms with Gasteiger partial charge in [-0.15, -0.1) is 11.3 Å². The highest BCUT2D eigenvalue weighted by Crippen LogP contribution is 2.25. The van der Waals surface area contributed by atoms with Gasteiger partial charge in [-0.05, 0) is 38.3 Å². The number of hydrogen-bond acceptors (Lipinski definition) is 4. The molecule has 1 saturated carbocycles. The van der Waals surface area contributed by atoms with Crippen LogP contribution in [0.25, 0.3) is 0 Å². The number of aliphatic hydroxyl groups excluding tert-OH is 1. The van der Waals surface area contributed by atoms with E-state index < -0.39 is 0 Å². The Balaban J connectivity index is 1.50. The summed E-state index contributed by atoms with van der Waals surface area (Å²) in [5.74, 6) is 0.239. The minimum absolute atomic E-state index is 0.165. The Bertz CT molecular complexity index is 494. The van der Waals surface area contributed by atoms with Gasteiger partial charge in [0.25, 0.3) is 0 Å².